The lowest BCUT2D eigenvalue weighted by Crippen LogP contribution is -2.40. The zero-order chi connectivity index (χ0) is 15.8. The first-order chi connectivity index (χ1) is 10.7. The van der Waals surface area contributed by atoms with Crippen molar-refractivity contribution in [2.45, 2.75) is 32.3 Å². The molecule has 0 aromatic rings. The standard InChI is InChI=1S/C17H25ClN2O2/c1-2-20-16(21)12-22-17(14-7-5-9-19-11-14)13-6-3-4-8-15(18)10-13/h3-4,8,10,14,17,19H,2,5-7,9,11-12H2,1H3,(H,20,21). The summed E-state index contributed by atoms with van der Waals surface area (Å²) in [6, 6.07) is 0. The summed E-state index contributed by atoms with van der Waals surface area (Å²) in [5, 5.41) is 6.91. The van der Waals surface area contributed by atoms with E-state index in [-0.39, 0.29) is 18.6 Å². The maximum Gasteiger partial charge on any atom is 0.246 e. The van der Waals surface area contributed by atoms with Crippen LogP contribution in [0.3, 0.4) is 0 Å². The number of hydrogen-bond donors (Lipinski definition) is 2. The van der Waals surface area contributed by atoms with E-state index in [1.807, 2.05) is 25.2 Å². The van der Waals surface area contributed by atoms with Crippen LogP contribution in [-0.4, -0.2) is 38.3 Å². The Labute approximate surface area is 137 Å². The molecule has 0 spiro atoms. The van der Waals surface area contributed by atoms with Crippen LogP contribution < -0.4 is 10.6 Å². The van der Waals surface area contributed by atoms with Gasteiger partial charge in [0.1, 0.15) is 6.61 Å². The quantitative estimate of drug-likeness (QED) is 0.789. The molecule has 5 heteroatoms. The Kier molecular flexibility index (Phi) is 7.16. The third-order valence-corrected chi connectivity index (χ3v) is 4.20. The SMILES string of the molecule is CCNC(=O)COC(C1=CC(Cl)=CC=CC1)C1CCCNC1. The van der Waals surface area contributed by atoms with Gasteiger partial charge < -0.3 is 15.4 Å². The minimum atomic E-state index is -0.0692. The number of allylic oxidation sites excluding steroid dienone is 5. The summed E-state index contributed by atoms with van der Waals surface area (Å²) in [4.78, 5) is 11.7. The first kappa shape index (κ1) is 17.3. The Bertz CT molecular complexity index is 465. The predicted octanol–water partition coefficient (Wildman–Crippen LogP) is 2.52. The molecule has 0 radical (unpaired) electrons. The molecule has 1 heterocycles. The average Bonchev–Trinajstić information content (AvgIpc) is 2.73. The van der Waals surface area contributed by atoms with Gasteiger partial charge in [-0.2, -0.15) is 0 Å². The molecule has 1 saturated heterocycles. The highest BCUT2D eigenvalue weighted by molar-refractivity contribution is 6.31. The number of hydrogen-bond acceptors (Lipinski definition) is 3. The molecule has 1 fully saturated rings. The first-order valence-electron chi connectivity index (χ1n) is 8.02. The van der Waals surface area contributed by atoms with E-state index in [1.165, 1.54) is 0 Å². The van der Waals surface area contributed by atoms with Crippen LogP contribution in [0.15, 0.2) is 34.9 Å². The molecule has 2 rings (SSSR count). The number of halogens is 1. The van der Waals surface area contributed by atoms with Gasteiger partial charge in [-0.25, -0.2) is 0 Å². The number of rotatable bonds is 6. The Morgan fingerprint density at radius 3 is 3.18 bits per heavy atom. The van der Waals surface area contributed by atoms with Gasteiger partial charge in [-0.1, -0.05) is 23.8 Å². The van der Waals surface area contributed by atoms with E-state index in [1.54, 1.807) is 0 Å². The molecule has 1 aliphatic heterocycles. The molecule has 122 valence electrons. The second-order valence-corrected chi connectivity index (χ2v) is 6.13. The highest BCUT2D eigenvalue weighted by Crippen LogP contribution is 2.28. The highest BCUT2D eigenvalue weighted by atomic mass is 35.5. The van der Waals surface area contributed by atoms with Gasteiger partial charge in [0.15, 0.2) is 0 Å². The van der Waals surface area contributed by atoms with E-state index in [0.29, 0.717) is 17.5 Å². The van der Waals surface area contributed by atoms with E-state index in [0.717, 1.165) is 37.9 Å². The molecule has 2 aliphatic rings. The van der Waals surface area contributed by atoms with Crippen molar-refractivity contribution < 1.29 is 9.53 Å². The Morgan fingerprint density at radius 2 is 2.45 bits per heavy atom. The third-order valence-electron chi connectivity index (χ3n) is 3.96. The molecule has 2 atom stereocenters. The smallest absolute Gasteiger partial charge is 0.246 e. The molecule has 22 heavy (non-hydrogen) atoms. The minimum absolute atomic E-state index is 0.0670. The molecular formula is C17H25ClN2O2. The molecule has 0 bridgehead atoms. The maximum atomic E-state index is 11.7. The molecule has 0 aromatic heterocycles. The van der Waals surface area contributed by atoms with Gasteiger partial charge in [0.05, 0.1) is 6.10 Å². The number of amides is 1. The topological polar surface area (TPSA) is 50.4 Å². The van der Waals surface area contributed by atoms with E-state index < -0.39 is 0 Å². The van der Waals surface area contributed by atoms with Crippen molar-refractivity contribution in [3.05, 3.63) is 34.9 Å². The van der Waals surface area contributed by atoms with E-state index in [9.17, 15) is 4.79 Å². The lowest BCUT2D eigenvalue weighted by atomic mass is 9.87. The second-order valence-electron chi connectivity index (χ2n) is 5.69. The minimum Gasteiger partial charge on any atom is -0.364 e. The zero-order valence-corrected chi connectivity index (χ0v) is 13.9. The van der Waals surface area contributed by atoms with E-state index >= 15 is 0 Å². The van der Waals surface area contributed by atoms with Crippen LogP contribution in [0.2, 0.25) is 0 Å². The van der Waals surface area contributed by atoms with Crippen LogP contribution in [-0.2, 0) is 9.53 Å². The summed E-state index contributed by atoms with van der Waals surface area (Å²) >= 11 is 6.19. The number of piperidine rings is 1. The van der Waals surface area contributed by atoms with Crippen LogP contribution in [0.5, 0.6) is 0 Å². The lowest BCUT2D eigenvalue weighted by molar-refractivity contribution is -0.128. The van der Waals surface area contributed by atoms with Crippen LogP contribution in [0, 0.1) is 5.92 Å². The normalized spacial score (nSPS) is 23.3. The van der Waals surface area contributed by atoms with Crippen molar-refractivity contribution in [1.82, 2.24) is 10.6 Å². The largest absolute Gasteiger partial charge is 0.364 e. The van der Waals surface area contributed by atoms with Crippen molar-refractivity contribution >= 4 is 17.5 Å². The van der Waals surface area contributed by atoms with Crippen LogP contribution in [0.25, 0.3) is 0 Å². The number of likely N-dealkylation sites (N-methyl/N-ethyl adjacent to an activating group) is 1. The van der Waals surface area contributed by atoms with Crippen molar-refractivity contribution in [2.24, 2.45) is 5.92 Å². The van der Waals surface area contributed by atoms with Gasteiger partial charge in [-0.05, 0) is 50.5 Å². The number of carbonyl (C=O) groups is 1. The Hall–Kier alpha value is -1.10. The summed E-state index contributed by atoms with van der Waals surface area (Å²) in [6.45, 7) is 4.60. The van der Waals surface area contributed by atoms with Gasteiger partial charge in [0.2, 0.25) is 5.91 Å². The van der Waals surface area contributed by atoms with E-state index in [4.69, 9.17) is 16.3 Å². The van der Waals surface area contributed by atoms with Crippen molar-refractivity contribution in [2.75, 3.05) is 26.2 Å². The predicted molar refractivity (Wildman–Crippen MR) is 89.8 cm³/mol. The zero-order valence-electron chi connectivity index (χ0n) is 13.1. The van der Waals surface area contributed by atoms with Gasteiger partial charge in [0, 0.05) is 24.0 Å². The number of nitrogens with one attached hydrogen (secondary N) is 2. The summed E-state index contributed by atoms with van der Waals surface area (Å²) in [5.41, 5.74) is 1.15. The summed E-state index contributed by atoms with van der Waals surface area (Å²) in [5.74, 6) is 0.313. The monoisotopic (exact) mass is 324 g/mol. The summed E-state index contributed by atoms with van der Waals surface area (Å²) < 4.78 is 6.00. The average molecular weight is 325 g/mol. The van der Waals surface area contributed by atoms with Crippen molar-refractivity contribution in [1.29, 1.82) is 0 Å². The number of ether oxygens (including phenoxy) is 1. The fourth-order valence-electron chi connectivity index (χ4n) is 2.94. The molecule has 2 N–H and O–H groups in total. The fourth-order valence-corrected chi connectivity index (χ4v) is 3.16. The molecule has 2 unspecified atom stereocenters. The van der Waals surface area contributed by atoms with Gasteiger partial charge in [-0.3, -0.25) is 4.79 Å². The van der Waals surface area contributed by atoms with Crippen LogP contribution in [0.4, 0.5) is 0 Å². The molecule has 1 amide bonds. The maximum absolute atomic E-state index is 11.7. The fraction of sp³-hybridized carbons (Fsp3) is 0.588. The second kappa shape index (κ2) is 9.13. The molecule has 4 nitrogen and oxygen atoms in total. The third kappa shape index (κ3) is 5.27. The summed E-state index contributed by atoms with van der Waals surface area (Å²) in [7, 11) is 0. The van der Waals surface area contributed by atoms with Crippen LogP contribution in [0.1, 0.15) is 26.2 Å². The van der Waals surface area contributed by atoms with Gasteiger partial charge in [-0.15, -0.1) is 0 Å². The Morgan fingerprint density at radius 1 is 1.59 bits per heavy atom. The van der Waals surface area contributed by atoms with Crippen LogP contribution >= 0.6 is 11.6 Å². The summed E-state index contributed by atoms with van der Waals surface area (Å²) in [6.07, 6.45) is 10.9. The molecule has 1 aliphatic carbocycles. The Balaban J connectivity index is 2.08. The molecule has 0 saturated carbocycles. The van der Waals surface area contributed by atoms with E-state index in [2.05, 4.69) is 16.7 Å². The van der Waals surface area contributed by atoms with Crippen molar-refractivity contribution in [3.8, 4) is 0 Å². The molecular weight excluding hydrogens is 300 g/mol. The lowest BCUT2D eigenvalue weighted by Gasteiger charge is -2.32. The van der Waals surface area contributed by atoms with Crippen molar-refractivity contribution in [3.63, 3.8) is 0 Å². The first-order valence-corrected chi connectivity index (χ1v) is 8.40. The number of carbonyl (C=O) groups excluding carboxylic acids is 1. The van der Waals surface area contributed by atoms with Gasteiger partial charge >= 0.3 is 0 Å². The highest BCUT2D eigenvalue weighted by Gasteiger charge is 2.28. The van der Waals surface area contributed by atoms with Gasteiger partial charge in [0.25, 0.3) is 0 Å². The molecule has 0 aromatic carbocycles.